The zero-order chi connectivity index (χ0) is 34.4. The Kier molecular flexibility index (Phi) is 9.37. The molecule has 10 nitrogen and oxygen atoms in total. The average Bonchev–Trinajstić information content (AvgIpc) is 2.99. The highest BCUT2D eigenvalue weighted by molar-refractivity contribution is 6.34. The molecule has 2 fully saturated rings. The minimum Gasteiger partial charge on any atom is -0.477 e. The van der Waals surface area contributed by atoms with Crippen LogP contribution in [-0.4, -0.2) is 91.8 Å². The summed E-state index contributed by atoms with van der Waals surface area (Å²) in [4.78, 5) is 45.2. The number of likely N-dealkylation sites (tertiary alicyclic amines) is 1. The number of hydrogen-bond acceptors (Lipinski definition) is 8. The lowest BCUT2D eigenvalue weighted by Crippen LogP contribution is -2.59. The van der Waals surface area contributed by atoms with Crippen molar-refractivity contribution in [3.63, 3.8) is 0 Å². The first-order valence-electron chi connectivity index (χ1n) is 16.6. The fourth-order valence-corrected chi connectivity index (χ4v) is 6.49. The Morgan fingerprint density at radius 2 is 1.67 bits per heavy atom. The standard InChI is InChI=1S/C37H45ClN4O6/c1-36(2,3)34(44)46-25-15-24-9-7-8-10-26(24)27(16-25)28-17-31-30(18-29(28)38)42(21-23-19-41(20-23)35(45)48-37(4,5)6)33(43)32(47-31)22-40-13-11-39-12-14-40/h7-10,15-18,23,32,39H,11-14,19-22H2,1-6H3. The molecule has 48 heavy (non-hydrogen) atoms. The fourth-order valence-electron chi connectivity index (χ4n) is 6.23. The molecule has 1 atom stereocenters. The average molecular weight is 677 g/mol. The summed E-state index contributed by atoms with van der Waals surface area (Å²) >= 11 is 7.06. The van der Waals surface area contributed by atoms with Crippen molar-refractivity contribution in [2.24, 2.45) is 11.3 Å². The molecule has 1 N–H and O–H groups in total. The van der Waals surface area contributed by atoms with Crippen LogP contribution in [0, 0.1) is 11.3 Å². The van der Waals surface area contributed by atoms with Gasteiger partial charge in [-0.25, -0.2) is 4.79 Å². The van der Waals surface area contributed by atoms with Gasteiger partial charge in [-0.2, -0.15) is 0 Å². The van der Waals surface area contributed by atoms with Crippen molar-refractivity contribution in [3.8, 4) is 22.6 Å². The number of carbonyl (C=O) groups is 3. The minimum atomic E-state index is -0.706. The number of benzene rings is 3. The molecule has 256 valence electrons. The number of anilines is 1. The van der Waals surface area contributed by atoms with E-state index in [1.165, 1.54) is 0 Å². The number of fused-ring (bicyclic) bond motifs is 2. The van der Waals surface area contributed by atoms with Gasteiger partial charge in [0.25, 0.3) is 5.91 Å². The third-order valence-electron chi connectivity index (χ3n) is 8.78. The zero-order valence-corrected chi connectivity index (χ0v) is 29.4. The van der Waals surface area contributed by atoms with E-state index in [0.29, 0.717) is 54.0 Å². The molecule has 0 aliphatic carbocycles. The molecule has 3 aliphatic rings. The summed E-state index contributed by atoms with van der Waals surface area (Å²) in [6, 6.07) is 15.3. The van der Waals surface area contributed by atoms with Crippen LogP contribution < -0.4 is 19.7 Å². The molecule has 3 aromatic carbocycles. The zero-order valence-electron chi connectivity index (χ0n) is 28.6. The van der Waals surface area contributed by atoms with Crippen molar-refractivity contribution in [2.45, 2.75) is 53.2 Å². The molecular weight excluding hydrogens is 632 g/mol. The molecule has 2 amide bonds. The Hall–Kier alpha value is -3.86. The van der Waals surface area contributed by atoms with E-state index in [9.17, 15) is 14.4 Å². The maximum Gasteiger partial charge on any atom is 0.410 e. The summed E-state index contributed by atoms with van der Waals surface area (Å²) in [6.45, 7) is 16.2. The Balaban J connectivity index is 1.34. The second kappa shape index (κ2) is 13.2. The molecule has 0 aromatic heterocycles. The van der Waals surface area contributed by atoms with Gasteiger partial charge in [-0.1, -0.05) is 35.9 Å². The quantitative estimate of drug-likeness (QED) is 0.252. The van der Waals surface area contributed by atoms with Gasteiger partial charge in [0.15, 0.2) is 6.10 Å². The lowest BCUT2D eigenvalue weighted by molar-refractivity contribution is -0.143. The Labute approximate surface area is 287 Å². The number of carbonyl (C=O) groups excluding carboxylic acids is 3. The minimum absolute atomic E-state index is 0.0730. The van der Waals surface area contributed by atoms with Crippen molar-refractivity contribution >= 4 is 46.0 Å². The number of hydrogen-bond donors (Lipinski definition) is 1. The first-order chi connectivity index (χ1) is 22.7. The first kappa shape index (κ1) is 34.0. The second-order valence-electron chi connectivity index (χ2n) is 15.0. The van der Waals surface area contributed by atoms with Crippen molar-refractivity contribution in [3.05, 3.63) is 53.6 Å². The molecule has 0 saturated carbocycles. The lowest BCUT2D eigenvalue weighted by atomic mass is 9.95. The van der Waals surface area contributed by atoms with Crippen LogP contribution in [-0.2, 0) is 14.3 Å². The van der Waals surface area contributed by atoms with Crippen molar-refractivity contribution in [2.75, 3.05) is 57.3 Å². The van der Waals surface area contributed by atoms with Gasteiger partial charge < -0.3 is 29.3 Å². The largest absolute Gasteiger partial charge is 0.477 e. The van der Waals surface area contributed by atoms with Crippen LogP contribution in [0.5, 0.6) is 11.5 Å². The lowest BCUT2D eigenvalue weighted by Gasteiger charge is -2.44. The SMILES string of the molecule is CC(C)(C)OC(=O)N1CC(CN2C(=O)C(CN3CCNCC3)Oc3cc(-c4cc(OC(=O)C(C)(C)C)cc5ccccc45)c(Cl)cc32)C1. The number of rotatable bonds is 6. The van der Waals surface area contributed by atoms with Gasteiger partial charge >= 0.3 is 12.1 Å². The molecule has 1 unspecified atom stereocenters. The predicted molar refractivity (Wildman–Crippen MR) is 187 cm³/mol. The molecule has 3 heterocycles. The van der Waals surface area contributed by atoms with Crippen LogP contribution in [0.3, 0.4) is 0 Å². The van der Waals surface area contributed by atoms with Crippen LogP contribution in [0.1, 0.15) is 41.5 Å². The Morgan fingerprint density at radius 1 is 0.958 bits per heavy atom. The van der Waals surface area contributed by atoms with E-state index in [1.54, 1.807) is 15.9 Å². The van der Waals surface area contributed by atoms with E-state index in [-0.39, 0.29) is 23.9 Å². The smallest absolute Gasteiger partial charge is 0.410 e. The van der Waals surface area contributed by atoms with Crippen molar-refractivity contribution in [1.29, 1.82) is 0 Å². The summed E-state index contributed by atoms with van der Waals surface area (Å²) in [7, 11) is 0. The number of ether oxygens (including phenoxy) is 3. The number of amides is 2. The Morgan fingerprint density at radius 3 is 2.35 bits per heavy atom. The van der Waals surface area contributed by atoms with Crippen molar-refractivity contribution < 1.29 is 28.6 Å². The van der Waals surface area contributed by atoms with Gasteiger partial charge in [0, 0.05) is 63.8 Å². The topological polar surface area (TPSA) is 101 Å². The van der Waals surface area contributed by atoms with Gasteiger partial charge in [-0.3, -0.25) is 14.5 Å². The molecule has 3 aliphatic heterocycles. The summed E-state index contributed by atoms with van der Waals surface area (Å²) < 4.78 is 17.9. The van der Waals surface area contributed by atoms with Crippen LogP contribution in [0.25, 0.3) is 21.9 Å². The summed E-state index contributed by atoms with van der Waals surface area (Å²) in [6.07, 6.45) is -1.05. The summed E-state index contributed by atoms with van der Waals surface area (Å²) in [5.41, 5.74) is 0.834. The predicted octanol–water partition coefficient (Wildman–Crippen LogP) is 5.98. The number of halogens is 1. The van der Waals surface area contributed by atoms with E-state index < -0.39 is 17.1 Å². The van der Waals surface area contributed by atoms with Crippen LogP contribution in [0.4, 0.5) is 10.5 Å². The molecule has 0 radical (unpaired) electrons. The van der Waals surface area contributed by atoms with Crippen LogP contribution in [0.2, 0.25) is 5.02 Å². The highest BCUT2D eigenvalue weighted by Crippen LogP contribution is 2.45. The molecular formula is C37H45ClN4O6. The highest BCUT2D eigenvalue weighted by Gasteiger charge is 2.41. The molecule has 3 aromatic rings. The van der Waals surface area contributed by atoms with Crippen LogP contribution in [0.15, 0.2) is 48.5 Å². The van der Waals surface area contributed by atoms with Gasteiger partial charge in [0.05, 0.1) is 16.1 Å². The third kappa shape index (κ3) is 7.41. The van der Waals surface area contributed by atoms with E-state index in [1.807, 2.05) is 84.0 Å². The van der Waals surface area contributed by atoms with Crippen molar-refractivity contribution in [1.82, 2.24) is 15.1 Å². The third-order valence-corrected chi connectivity index (χ3v) is 9.09. The molecule has 0 bridgehead atoms. The number of nitrogens with zero attached hydrogens (tertiary/aromatic N) is 3. The fraction of sp³-hybridized carbons (Fsp3) is 0.486. The van der Waals surface area contributed by atoms with Crippen LogP contribution >= 0.6 is 11.6 Å². The van der Waals surface area contributed by atoms with E-state index in [2.05, 4.69) is 10.2 Å². The molecule has 11 heteroatoms. The van der Waals surface area contributed by atoms with E-state index >= 15 is 0 Å². The maximum absolute atomic E-state index is 14.1. The summed E-state index contributed by atoms with van der Waals surface area (Å²) in [5.74, 6) is 0.588. The van der Waals surface area contributed by atoms with Gasteiger partial charge in [0.1, 0.15) is 17.1 Å². The Bertz CT molecular complexity index is 1720. The van der Waals surface area contributed by atoms with E-state index in [4.69, 9.17) is 25.8 Å². The maximum atomic E-state index is 14.1. The number of esters is 1. The van der Waals surface area contributed by atoms with Gasteiger partial charge in [-0.05, 0) is 82.1 Å². The van der Waals surface area contributed by atoms with E-state index in [0.717, 1.165) is 42.5 Å². The van der Waals surface area contributed by atoms with Gasteiger partial charge in [0.2, 0.25) is 0 Å². The number of piperazine rings is 1. The van der Waals surface area contributed by atoms with Gasteiger partial charge in [-0.15, -0.1) is 0 Å². The summed E-state index contributed by atoms with van der Waals surface area (Å²) in [5, 5.41) is 5.63. The first-order valence-corrected chi connectivity index (χ1v) is 17.0. The monoisotopic (exact) mass is 676 g/mol. The molecule has 0 spiro atoms. The molecule has 6 rings (SSSR count). The number of nitrogens with one attached hydrogen (secondary N) is 1. The normalized spacial score (nSPS) is 19.1. The second-order valence-corrected chi connectivity index (χ2v) is 15.4. The molecule has 2 saturated heterocycles. The highest BCUT2D eigenvalue weighted by atomic mass is 35.5.